The predicted molar refractivity (Wildman–Crippen MR) is 136 cm³/mol. The fourth-order valence-electron chi connectivity index (χ4n) is 5.50. The zero-order valence-electron chi connectivity index (χ0n) is 20.9. The minimum Gasteiger partial charge on any atom is -0.497 e. The molecule has 5 rings (SSSR count). The number of pyridine rings is 1. The third-order valence-electron chi connectivity index (χ3n) is 7.47. The lowest BCUT2D eigenvalue weighted by molar-refractivity contribution is -0.136. The van der Waals surface area contributed by atoms with E-state index >= 15 is 0 Å². The Morgan fingerprint density at radius 3 is 2.78 bits per heavy atom. The maximum atomic E-state index is 13.5. The first-order valence-electron chi connectivity index (χ1n) is 12.8. The molecule has 2 amide bonds. The van der Waals surface area contributed by atoms with E-state index in [4.69, 9.17) is 9.47 Å². The standard InChI is InChI=1S/C27H35N5O4/c1-35-22-6-5-20-16-23(27(34)29-9-7-21-4-2-3-8-28-21)25-18-30(10-11-32(25)24(20)17-22)19-26(33)31-12-14-36-15-13-31/h2-6,8,17,23,25H,7,9-16,18-19H2,1H3,(H,29,34)/t23-,25+/m0/s1. The van der Waals surface area contributed by atoms with Gasteiger partial charge in [0.2, 0.25) is 11.8 Å². The molecule has 3 aliphatic heterocycles. The van der Waals surface area contributed by atoms with E-state index < -0.39 is 0 Å². The first-order valence-corrected chi connectivity index (χ1v) is 12.8. The summed E-state index contributed by atoms with van der Waals surface area (Å²) in [6, 6.07) is 11.9. The lowest BCUT2D eigenvalue weighted by atomic mass is 9.83. The van der Waals surface area contributed by atoms with Crippen molar-refractivity contribution in [1.29, 1.82) is 0 Å². The highest BCUT2D eigenvalue weighted by atomic mass is 16.5. The average Bonchev–Trinajstić information content (AvgIpc) is 2.93. The number of rotatable bonds is 7. The van der Waals surface area contributed by atoms with Gasteiger partial charge < -0.3 is 24.6 Å². The molecule has 36 heavy (non-hydrogen) atoms. The molecule has 1 N–H and O–H groups in total. The molecular weight excluding hydrogens is 458 g/mol. The van der Waals surface area contributed by atoms with Crippen LogP contribution in [0, 0.1) is 5.92 Å². The Bertz CT molecular complexity index is 1060. The molecule has 2 saturated heterocycles. The molecular formula is C27H35N5O4. The summed E-state index contributed by atoms with van der Waals surface area (Å²) in [4.78, 5) is 37.2. The maximum absolute atomic E-state index is 13.5. The predicted octanol–water partition coefficient (Wildman–Crippen LogP) is 0.971. The summed E-state index contributed by atoms with van der Waals surface area (Å²) < 4.78 is 10.9. The number of hydrogen-bond acceptors (Lipinski definition) is 7. The smallest absolute Gasteiger partial charge is 0.236 e. The van der Waals surface area contributed by atoms with Crippen molar-refractivity contribution >= 4 is 17.5 Å². The van der Waals surface area contributed by atoms with Crippen LogP contribution in [0.4, 0.5) is 5.69 Å². The third kappa shape index (κ3) is 5.47. The minimum absolute atomic E-state index is 0.00862. The lowest BCUT2D eigenvalue weighted by Crippen LogP contribution is -2.62. The van der Waals surface area contributed by atoms with Crippen molar-refractivity contribution in [3.8, 4) is 5.75 Å². The number of carbonyl (C=O) groups is 2. The number of methoxy groups -OCH3 is 1. The van der Waals surface area contributed by atoms with Crippen LogP contribution >= 0.6 is 0 Å². The molecule has 0 radical (unpaired) electrons. The number of fused-ring (bicyclic) bond motifs is 3. The number of aromatic nitrogens is 1. The van der Waals surface area contributed by atoms with Crippen molar-refractivity contribution in [2.45, 2.75) is 18.9 Å². The summed E-state index contributed by atoms with van der Waals surface area (Å²) in [6.07, 6.45) is 3.14. The van der Waals surface area contributed by atoms with Gasteiger partial charge in [-0.25, -0.2) is 0 Å². The van der Waals surface area contributed by atoms with Gasteiger partial charge in [0.15, 0.2) is 0 Å². The summed E-state index contributed by atoms with van der Waals surface area (Å²) >= 11 is 0. The van der Waals surface area contributed by atoms with Gasteiger partial charge in [0.05, 0.1) is 38.8 Å². The number of morpholine rings is 1. The minimum atomic E-state index is -0.198. The van der Waals surface area contributed by atoms with Crippen LogP contribution in [0.25, 0.3) is 0 Å². The van der Waals surface area contributed by atoms with Crippen LogP contribution in [0.3, 0.4) is 0 Å². The zero-order valence-corrected chi connectivity index (χ0v) is 20.9. The van der Waals surface area contributed by atoms with E-state index in [9.17, 15) is 9.59 Å². The first kappa shape index (κ1) is 24.5. The van der Waals surface area contributed by atoms with Gasteiger partial charge in [-0.2, -0.15) is 0 Å². The van der Waals surface area contributed by atoms with Crippen molar-refractivity contribution < 1.29 is 19.1 Å². The van der Waals surface area contributed by atoms with E-state index in [1.165, 1.54) is 0 Å². The summed E-state index contributed by atoms with van der Waals surface area (Å²) in [6.45, 7) is 5.63. The highest BCUT2D eigenvalue weighted by molar-refractivity contribution is 5.82. The number of carbonyl (C=O) groups excluding carboxylic acids is 2. The second kappa shape index (κ2) is 11.3. The summed E-state index contributed by atoms with van der Waals surface area (Å²) in [5.41, 5.74) is 3.26. The Kier molecular flexibility index (Phi) is 7.67. The molecule has 2 aromatic rings. The van der Waals surface area contributed by atoms with Crippen molar-refractivity contribution in [2.75, 3.05) is 71.0 Å². The van der Waals surface area contributed by atoms with Gasteiger partial charge in [-0.3, -0.25) is 19.5 Å². The van der Waals surface area contributed by atoms with Crippen molar-refractivity contribution in [2.24, 2.45) is 5.92 Å². The van der Waals surface area contributed by atoms with Crippen molar-refractivity contribution in [3.05, 3.63) is 53.9 Å². The number of benzene rings is 1. The molecule has 3 aliphatic rings. The van der Waals surface area contributed by atoms with E-state index in [1.54, 1.807) is 13.3 Å². The molecule has 4 heterocycles. The van der Waals surface area contributed by atoms with Crippen LogP contribution in [-0.4, -0.2) is 98.8 Å². The summed E-state index contributed by atoms with van der Waals surface area (Å²) in [5.74, 6) is 0.816. The quantitative estimate of drug-likeness (QED) is 0.615. The number of anilines is 1. The molecule has 0 saturated carbocycles. The van der Waals surface area contributed by atoms with Gasteiger partial charge in [-0.15, -0.1) is 0 Å². The number of piperazine rings is 1. The van der Waals surface area contributed by atoms with Crippen LogP contribution < -0.4 is 15.0 Å². The molecule has 1 aromatic heterocycles. The fourth-order valence-corrected chi connectivity index (χ4v) is 5.50. The largest absolute Gasteiger partial charge is 0.497 e. The van der Waals surface area contributed by atoms with E-state index in [1.807, 2.05) is 29.2 Å². The maximum Gasteiger partial charge on any atom is 0.236 e. The Morgan fingerprint density at radius 2 is 2.00 bits per heavy atom. The van der Waals surface area contributed by atoms with Crippen LogP contribution in [0.1, 0.15) is 11.3 Å². The van der Waals surface area contributed by atoms with Gasteiger partial charge in [0, 0.05) is 69.3 Å². The van der Waals surface area contributed by atoms with Crippen molar-refractivity contribution in [1.82, 2.24) is 20.1 Å². The highest BCUT2D eigenvalue weighted by Gasteiger charge is 2.42. The second-order valence-electron chi connectivity index (χ2n) is 9.66. The van der Waals surface area contributed by atoms with Gasteiger partial charge in [0.25, 0.3) is 0 Å². The van der Waals surface area contributed by atoms with E-state index in [2.05, 4.69) is 32.2 Å². The summed E-state index contributed by atoms with van der Waals surface area (Å²) in [5, 5.41) is 3.16. The van der Waals surface area contributed by atoms with Crippen LogP contribution in [-0.2, 0) is 27.2 Å². The fraction of sp³-hybridized carbons (Fsp3) is 0.519. The number of nitrogens with one attached hydrogen (secondary N) is 1. The molecule has 192 valence electrons. The molecule has 9 nitrogen and oxygen atoms in total. The molecule has 0 unspecified atom stereocenters. The van der Waals surface area contributed by atoms with Gasteiger partial charge in [0.1, 0.15) is 5.75 Å². The molecule has 0 spiro atoms. The third-order valence-corrected chi connectivity index (χ3v) is 7.47. The van der Waals surface area contributed by atoms with Gasteiger partial charge >= 0.3 is 0 Å². The van der Waals surface area contributed by atoms with E-state index in [-0.39, 0.29) is 23.8 Å². The first-order chi connectivity index (χ1) is 17.6. The summed E-state index contributed by atoms with van der Waals surface area (Å²) in [7, 11) is 1.68. The van der Waals surface area contributed by atoms with Crippen LogP contribution in [0.5, 0.6) is 5.75 Å². The Labute approximate surface area is 212 Å². The van der Waals surface area contributed by atoms with Gasteiger partial charge in [-0.1, -0.05) is 12.1 Å². The SMILES string of the molecule is COc1ccc2c(c1)N1CCN(CC(=O)N3CCOCC3)C[C@@H]1[C@@H](C(=O)NCCc1ccccn1)C2. The van der Waals surface area contributed by atoms with E-state index in [0.717, 1.165) is 35.8 Å². The second-order valence-corrected chi connectivity index (χ2v) is 9.66. The number of nitrogens with zero attached hydrogens (tertiary/aromatic N) is 4. The van der Waals surface area contributed by atoms with Crippen molar-refractivity contribution in [3.63, 3.8) is 0 Å². The zero-order chi connectivity index (χ0) is 24.9. The van der Waals surface area contributed by atoms with Crippen LogP contribution in [0.15, 0.2) is 42.6 Å². The molecule has 2 fully saturated rings. The molecule has 9 heteroatoms. The number of ether oxygens (including phenoxy) is 2. The van der Waals surface area contributed by atoms with E-state index in [0.29, 0.717) is 58.8 Å². The lowest BCUT2D eigenvalue weighted by Gasteiger charge is -2.49. The topological polar surface area (TPSA) is 87.2 Å². The molecule has 0 aliphatic carbocycles. The number of hydrogen-bond donors (Lipinski definition) is 1. The normalized spacial score (nSPS) is 21.9. The number of amides is 2. The van der Waals surface area contributed by atoms with Crippen LogP contribution in [0.2, 0.25) is 0 Å². The Balaban J connectivity index is 1.29. The molecule has 1 aromatic carbocycles. The monoisotopic (exact) mass is 493 g/mol. The van der Waals surface area contributed by atoms with Gasteiger partial charge in [-0.05, 0) is 30.2 Å². The molecule has 2 atom stereocenters. The highest BCUT2D eigenvalue weighted by Crippen LogP contribution is 2.38. The Morgan fingerprint density at radius 1 is 1.14 bits per heavy atom. The Hall–Kier alpha value is -3.17. The molecule has 0 bridgehead atoms. The average molecular weight is 494 g/mol.